The number of hydrogen-bond donors (Lipinski definition) is 2. The van der Waals surface area contributed by atoms with Crippen molar-refractivity contribution in [2.24, 2.45) is 0 Å². The molecule has 0 saturated heterocycles. The van der Waals surface area contributed by atoms with Crippen LogP contribution in [0.3, 0.4) is 0 Å². The van der Waals surface area contributed by atoms with E-state index < -0.39 is 0 Å². The largest absolute Gasteiger partial charge is 0.335 e. The predicted molar refractivity (Wildman–Crippen MR) is 76.4 cm³/mol. The van der Waals surface area contributed by atoms with Crippen molar-refractivity contribution in [3.05, 3.63) is 34.3 Å². The molecule has 1 aliphatic carbocycles. The second-order valence-electron chi connectivity index (χ2n) is 4.79. The Balaban J connectivity index is 1.74. The van der Waals surface area contributed by atoms with Crippen LogP contribution in [0, 0.1) is 0 Å². The minimum atomic E-state index is -0.0538. The second-order valence-corrected chi connectivity index (χ2v) is 5.71. The average molecular weight is 311 g/mol. The van der Waals surface area contributed by atoms with E-state index in [-0.39, 0.29) is 6.03 Å². The summed E-state index contributed by atoms with van der Waals surface area (Å²) in [5.41, 5.74) is 1.10. The lowest BCUT2D eigenvalue weighted by Crippen LogP contribution is -2.42. The molecule has 98 valence electrons. The number of halogens is 1. The van der Waals surface area contributed by atoms with Crippen molar-refractivity contribution in [2.45, 2.75) is 44.7 Å². The van der Waals surface area contributed by atoms with Crippen LogP contribution in [0.2, 0.25) is 0 Å². The zero-order valence-corrected chi connectivity index (χ0v) is 12.0. The molecule has 1 aromatic rings. The molecule has 1 aromatic carbocycles. The molecule has 2 rings (SSSR count). The first-order chi connectivity index (χ1) is 8.74. The fraction of sp³-hybridized carbons (Fsp3) is 0.500. The van der Waals surface area contributed by atoms with Gasteiger partial charge in [-0.2, -0.15) is 0 Å². The maximum absolute atomic E-state index is 11.7. The number of hydrogen-bond acceptors (Lipinski definition) is 1. The Bertz CT molecular complexity index is 403. The minimum Gasteiger partial charge on any atom is -0.335 e. The summed E-state index contributed by atoms with van der Waals surface area (Å²) in [5, 5.41) is 5.94. The Kier molecular flexibility index (Phi) is 5.05. The quantitative estimate of drug-likeness (QED) is 0.880. The molecule has 3 nitrogen and oxygen atoms in total. The van der Waals surface area contributed by atoms with E-state index in [1.165, 1.54) is 19.3 Å². The first-order valence-electron chi connectivity index (χ1n) is 6.53. The number of carbonyl (C=O) groups is 1. The van der Waals surface area contributed by atoms with E-state index in [1.54, 1.807) is 0 Å². The van der Waals surface area contributed by atoms with Gasteiger partial charge >= 0.3 is 6.03 Å². The van der Waals surface area contributed by atoms with Crippen LogP contribution >= 0.6 is 15.9 Å². The highest BCUT2D eigenvalue weighted by Crippen LogP contribution is 2.17. The normalized spacial score (nSPS) is 16.3. The highest BCUT2D eigenvalue weighted by Gasteiger charge is 2.15. The van der Waals surface area contributed by atoms with Gasteiger partial charge in [0.15, 0.2) is 0 Å². The molecule has 0 spiro atoms. The summed E-state index contributed by atoms with van der Waals surface area (Å²) in [6.07, 6.45) is 6.00. The average Bonchev–Trinajstić information content (AvgIpc) is 2.38. The number of urea groups is 1. The summed E-state index contributed by atoms with van der Waals surface area (Å²) in [5.74, 6) is 0. The van der Waals surface area contributed by atoms with Gasteiger partial charge < -0.3 is 10.6 Å². The molecule has 0 unspecified atom stereocenters. The third kappa shape index (κ3) is 4.33. The van der Waals surface area contributed by atoms with Gasteiger partial charge in [-0.1, -0.05) is 47.3 Å². The van der Waals surface area contributed by atoms with Gasteiger partial charge in [0, 0.05) is 17.1 Å². The highest BCUT2D eigenvalue weighted by molar-refractivity contribution is 9.10. The summed E-state index contributed by atoms with van der Waals surface area (Å²) in [7, 11) is 0. The number of rotatable bonds is 3. The van der Waals surface area contributed by atoms with Gasteiger partial charge in [-0.05, 0) is 30.5 Å². The standard InChI is InChI=1S/C14H19BrN2O/c15-12-6-4-5-11(9-12)10-16-14(18)17-13-7-2-1-3-8-13/h4-6,9,13H,1-3,7-8,10H2,(H2,16,17,18). The molecule has 2 amide bonds. The Labute approximate surface area is 116 Å². The van der Waals surface area contributed by atoms with Crippen LogP contribution in [0.1, 0.15) is 37.7 Å². The Morgan fingerprint density at radius 2 is 2.06 bits per heavy atom. The van der Waals surface area contributed by atoms with Crippen LogP contribution in [0.4, 0.5) is 4.79 Å². The van der Waals surface area contributed by atoms with Crippen molar-refractivity contribution >= 4 is 22.0 Å². The SMILES string of the molecule is O=C(NCc1cccc(Br)c1)NC1CCCCC1. The topological polar surface area (TPSA) is 41.1 Å². The van der Waals surface area contributed by atoms with Gasteiger partial charge in [0.1, 0.15) is 0 Å². The lowest BCUT2D eigenvalue weighted by atomic mass is 9.96. The van der Waals surface area contributed by atoms with E-state index in [9.17, 15) is 4.79 Å². The molecule has 18 heavy (non-hydrogen) atoms. The zero-order chi connectivity index (χ0) is 12.8. The Morgan fingerprint density at radius 1 is 1.28 bits per heavy atom. The van der Waals surface area contributed by atoms with Gasteiger partial charge in [0.25, 0.3) is 0 Å². The van der Waals surface area contributed by atoms with Crippen molar-refractivity contribution < 1.29 is 4.79 Å². The van der Waals surface area contributed by atoms with E-state index >= 15 is 0 Å². The third-order valence-electron chi connectivity index (χ3n) is 3.28. The van der Waals surface area contributed by atoms with Crippen LogP contribution in [0.25, 0.3) is 0 Å². The van der Waals surface area contributed by atoms with Crippen molar-refractivity contribution in [2.75, 3.05) is 0 Å². The van der Waals surface area contributed by atoms with Gasteiger partial charge in [-0.3, -0.25) is 0 Å². The van der Waals surface area contributed by atoms with Crippen LogP contribution in [-0.4, -0.2) is 12.1 Å². The summed E-state index contributed by atoms with van der Waals surface area (Å²) in [4.78, 5) is 11.7. The van der Waals surface area contributed by atoms with Gasteiger partial charge in [-0.15, -0.1) is 0 Å². The summed E-state index contributed by atoms with van der Waals surface area (Å²) >= 11 is 3.42. The molecule has 0 heterocycles. The molecule has 0 bridgehead atoms. The number of carbonyl (C=O) groups excluding carboxylic acids is 1. The Morgan fingerprint density at radius 3 is 2.78 bits per heavy atom. The lowest BCUT2D eigenvalue weighted by Gasteiger charge is -2.22. The number of benzene rings is 1. The monoisotopic (exact) mass is 310 g/mol. The van der Waals surface area contributed by atoms with Crippen molar-refractivity contribution in [1.29, 1.82) is 0 Å². The highest BCUT2D eigenvalue weighted by atomic mass is 79.9. The molecular weight excluding hydrogens is 292 g/mol. The predicted octanol–water partition coefficient (Wildman–Crippen LogP) is 3.58. The van der Waals surface area contributed by atoms with E-state index in [0.29, 0.717) is 12.6 Å². The molecule has 0 aromatic heterocycles. The lowest BCUT2D eigenvalue weighted by molar-refractivity contribution is 0.232. The molecule has 0 radical (unpaired) electrons. The van der Waals surface area contributed by atoms with Gasteiger partial charge in [0.2, 0.25) is 0 Å². The van der Waals surface area contributed by atoms with Crippen molar-refractivity contribution in [1.82, 2.24) is 10.6 Å². The van der Waals surface area contributed by atoms with Gasteiger partial charge in [-0.25, -0.2) is 4.79 Å². The smallest absolute Gasteiger partial charge is 0.315 e. The van der Waals surface area contributed by atoms with E-state index in [4.69, 9.17) is 0 Å². The second kappa shape index (κ2) is 6.78. The minimum absolute atomic E-state index is 0.0538. The molecule has 2 N–H and O–H groups in total. The fourth-order valence-corrected chi connectivity index (χ4v) is 2.76. The molecule has 1 fully saturated rings. The van der Waals surface area contributed by atoms with Crippen LogP contribution < -0.4 is 10.6 Å². The van der Waals surface area contributed by atoms with Crippen molar-refractivity contribution in [3.8, 4) is 0 Å². The number of amides is 2. The Hall–Kier alpha value is -1.03. The third-order valence-corrected chi connectivity index (χ3v) is 3.78. The molecule has 0 aliphatic heterocycles. The van der Waals surface area contributed by atoms with E-state index in [0.717, 1.165) is 22.9 Å². The first-order valence-corrected chi connectivity index (χ1v) is 7.32. The van der Waals surface area contributed by atoms with E-state index in [2.05, 4.69) is 26.6 Å². The zero-order valence-electron chi connectivity index (χ0n) is 10.4. The maximum atomic E-state index is 11.7. The maximum Gasteiger partial charge on any atom is 0.315 e. The van der Waals surface area contributed by atoms with E-state index in [1.807, 2.05) is 24.3 Å². The molecule has 4 heteroatoms. The number of nitrogens with one attached hydrogen (secondary N) is 2. The van der Waals surface area contributed by atoms with Crippen molar-refractivity contribution in [3.63, 3.8) is 0 Å². The van der Waals surface area contributed by atoms with Crippen LogP contribution in [-0.2, 0) is 6.54 Å². The van der Waals surface area contributed by atoms with Gasteiger partial charge in [0.05, 0.1) is 0 Å². The molecular formula is C14H19BrN2O. The van der Waals surface area contributed by atoms with Crippen LogP contribution in [0.15, 0.2) is 28.7 Å². The van der Waals surface area contributed by atoms with Crippen LogP contribution in [0.5, 0.6) is 0 Å². The molecule has 1 aliphatic rings. The fourth-order valence-electron chi connectivity index (χ4n) is 2.31. The summed E-state index contributed by atoms with van der Waals surface area (Å²) < 4.78 is 1.04. The first kappa shape index (κ1) is 13.4. The summed E-state index contributed by atoms with van der Waals surface area (Å²) in [6.45, 7) is 0.567. The molecule has 0 atom stereocenters. The summed E-state index contributed by atoms with van der Waals surface area (Å²) in [6, 6.07) is 8.28. The molecule has 1 saturated carbocycles.